The number of carbonyl (C=O) groups is 1. The summed E-state index contributed by atoms with van der Waals surface area (Å²) in [7, 11) is 0. The number of benzene rings is 1. The lowest BCUT2D eigenvalue weighted by atomic mass is 10.1. The average molecular weight is 312 g/mol. The van der Waals surface area contributed by atoms with Crippen LogP contribution in [0.5, 0.6) is 0 Å². The highest BCUT2D eigenvalue weighted by molar-refractivity contribution is 5.93. The van der Waals surface area contributed by atoms with Crippen molar-refractivity contribution in [2.45, 2.75) is 44.4 Å². The van der Waals surface area contributed by atoms with Crippen LogP contribution in [0.15, 0.2) is 41.1 Å². The summed E-state index contributed by atoms with van der Waals surface area (Å²) in [6.45, 7) is 1.33. The first-order valence-electron chi connectivity index (χ1n) is 8.23. The quantitative estimate of drug-likeness (QED) is 0.850. The van der Waals surface area contributed by atoms with Crippen LogP contribution in [-0.4, -0.2) is 28.4 Å². The number of rotatable bonds is 5. The third-order valence-electron chi connectivity index (χ3n) is 4.46. The minimum Gasteiger partial charge on any atom is -0.445 e. The SMILES string of the molecule is O=C(c1ncoc1C1CCCO1)N(Cc1ccccc1)C1CC1. The van der Waals surface area contributed by atoms with Crippen molar-refractivity contribution in [3.8, 4) is 0 Å². The fourth-order valence-corrected chi connectivity index (χ4v) is 3.10. The lowest BCUT2D eigenvalue weighted by molar-refractivity contribution is 0.0692. The molecule has 23 heavy (non-hydrogen) atoms. The second-order valence-corrected chi connectivity index (χ2v) is 6.22. The lowest BCUT2D eigenvalue weighted by Gasteiger charge is -2.22. The molecule has 1 aromatic heterocycles. The lowest BCUT2D eigenvalue weighted by Crippen LogP contribution is -2.33. The van der Waals surface area contributed by atoms with E-state index in [1.165, 1.54) is 6.39 Å². The predicted molar refractivity (Wildman–Crippen MR) is 83.8 cm³/mol. The Bertz CT molecular complexity index is 673. The van der Waals surface area contributed by atoms with Crippen molar-refractivity contribution in [2.75, 3.05) is 6.61 Å². The van der Waals surface area contributed by atoms with Gasteiger partial charge in [0.05, 0.1) is 0 Å². The van der Waals surface area contributed by atoms with Gasteiger partial charge in [-0.05, 0) is 31.2 Å². The van der Waals surface area contributed by atoms with Crippen molar-refractivity contribution >= 4 is 5.91 Å². The van der Waals surface area contributed by atoms with Crippen LogP contribution < -0.4 is 0 Å². The van der Waals surface area contributed by atoms with E-state index in [9.17, 15) is 4.79 Å². The van der Waals surface area contributed by atoms with Gasteiger partial charge in [-0.1, -0.05) is 30.3 Å². The van der Waals surface area contributed by atoms with E-state index in [0.29, 0.717) is 24.0 Å². The van der Waals surface area contributed by atoms with Gasteiger partial charge in [0.1, 0.15) is 6.10 Å². The molecule has 1 saturated heterocycles. The third-order valence-corrected chi connectivity index (χ3v) is 4.46. The van der Waals surface area contributed by atoms with E-state index < -0.39 is 0 Å². The molecule has 2 aliphatic rings. The van der Waals surface area contributed by atoms with E-state index in [1.807, 2.05) is 35.2 Å². The van der Waals surface area contributed by atoms with Crippen LogP contribution in [0, 0.1) is 0 Å². The zero-order valence-electron chi connectivity index (χ0n) is 13.0. The van der Waals surface area contributed by atoms with E-state index in [2.05, 4.69) is 4.98 Å². The minimum absolute atomic E-state index is 0.0457. The summed E-state index contributed by atoms with van der Waals surface area (Å²) in [5, 5.41) is 0. The Morgan fingerprint density at radius 1 is 1.22 bits per heavy atom. The number of carbonyl (C=O) groups excluding carboxylic acids is 1. The highest BCUT2D eigenvalue weighted by Crippen LogP contribution is 2.34. The van der Waals surface area contributed by atoms with Gasteiger partial charge in [0, 0.05) is 19.2 Å². The van der Waals surface area contributed by atoms with Crippen LogP contribution in [0.2, 0.25) is 0 Å². The third kappa shape index (κ3) is 3.01. The van der Waals surface area contributed by atoms with E-state index in [1.54, 1.807) is 0 Å². The topological polar surface area (TPSA) is 55.6 Å². The van der Waals surface area contributed by atoms with Crippen LogP contribution in [0.3, 0.4) is 0 Å². The maximum absolute atomic E-state index is 13.0. The molecule has 0 spiro atoms. The molecule has 1 amide bonds. The zero-order chi connectivity index (χ0) is 15.6. The molecular formula is C18H20N2O3. The van der Waals surface area contributed by atoms with Crippen LogP contribution in [0.4, 0.5) is 0 Å². The summed E-state index contributed by atoms with van der Waals surface area (Å²) in [6, 6.07) is 10.4. The van der Waals surface area contributed by atoms with E-state index >= 15 is 0 Å². The number of aromatic nitrogens is 1. The molecule has 1 unspecified atom stereocenters. The van der Waals surface area contributed by atoms with Gasteiger partial charge in [-0.2, -0.15) is 0 Å². The second-order valence-electron chi connectivity index (χ2n) is 6.22. The molecule has 1 saturated carbocycles. The monoisotopic (exact) mass is 312 g/mol. The Morgan fingerprint density at radius 2 is 2.04 bits per heavy atom. The van der Waals surface area contributed by atoms with E-state index in [0.717, 1.165) is 37.9 Å². The van der Waals surface area contributed by atoms with Gasteiger partial charge in [-0.3, -0.25) is 4.79 Å². The first-order chi connectivity index (χ1) is 11.3. The summed E-state index contributed by atoms with van der Waals surface area (Å²) < 4.78 is 11.1. The fraction of sp³-hybridized carbons (Fsp3) is 0.444. The maximum atomic E-state index is 13.0. The van der Waals surface area contributed by atoms with Gasteiger partial charge in [0.2, 0.25) is 0 Å². The molecule has 1 aliphatic heterocycles. The molecule has 2 aromatic rings. The molecule has 2 heterocycles. The highest BCUT2D eigenvalue weighted by Gasteiger charge is 2.37. The first kappa shape index (κ1) is 14.5. The Balaban J connectivity index is 1.57. The Kier molecular flexibility index (Phi) is 3.87. The smallest absolute Gasteiger partial charge is 0.276 e. The standard InChI is InChI=1S/C18H20N2O3/c21-18(16-17(23-12-19-16)15-7-4-10-22-15)20(14-8-9-14)11-13-5-2-1-3-6-13/h1-3,5-6,12,14-15H,4,7-11H2. The van der Waals surface area contributed by atoms with Crippen molar-refractivity contribution in [1.82, 2.24) is 9.88 Å². The van der Waals surface area contributed by atoms with E-state index in [4.69, 9.17) is 9.15 Å². The Labute approximate surface area is 135 Å². The molecule has 4 rings (SSSR count). The molecule has 2 fully saturated rings. The van der Waals surface area contributed by atoms with Crippen LogP contribution >= 0.6 is 0 Å². The summed E-state index contributed by atoms with van der Waals surface area (Å²) in [4.78, 5) is 19.1. The average Bonchev–Trinajstić information content (AvgIpc) is 3.08. The number of oxazole rings is 1. The fourth-order valence-electron chi connectivity index (χ4n) is 3.10. The van der Waals surface area contributed by atoms with E-state index in [-0.39, 0.29) is 12.0 Å². The van der Waals surface area contributed by atoms with Gasteiger partial charge < -0.3 is 14.1 Å². The molecule has 1 atom stereocenters. The number of hydrogen-bond acceptors (Lipinski definition) is 4. The Morgan fingerprint density at radius 3 is 2.74 bits per heavy atom. The predicted octanol–water partition coefficient (Wildman–Crippen LogP) is 3.33. The molecule has 5 nitrogen and oxygen atoms in total. The molecule has 0 N–H and O–H groups in total. The van der Waals surface area contributed by atoms with Gasteiger partial charge >= 0.3 is 0 Å². The number of amides is 1. The summed E-state index contributed by atoms with van der Waals surface area (Å²) in [5.41, 5.74) is 1.55. The second kappa shape index (κ2) is 6.16. The summed E-state index contributed by atoms with van der Waals surface area (Å²) >= 11 is 0. The minimum atomic E-state index is -0.130. The van der Waals surface area contributed by atoms with Gasteiger partial charge in [-0.15, -0.1) is 0 Å². The van der Waals surface area contributed by atoms with Crippen LogP contribution in [0.1, 0.15) is 53.6 Å². The number of nitrogens with zero attached hydrogens (tertiary/aromatic N) is 2. The van der Waals surface area contributed by atoms with Crippen molar-refractivity contribution in [3.05, 3.63) is 53.7 Å². The largest absolute Gasteiger partial charge is 0.445 e. The van der Waals surface area contributed by atoms with Crippen molar-refractivity contribution < 1.29 is 13.9 Å². The first-order valence-corrected chi connectivity index (χ1v) is 8.23. The van der Waals surface area contributed by atoms with Gasteiger partial charge in [0.15, 0.2) is 17.8 Å². The number of hydrogen-bond donors (Lipinski definition) is 0. The Hall–Kier alpha value is -2.14. The molecular weight excluding hydrogens is 292 g/mol. The number of ether oxygens (including phenoxy) is 1. The summed E-state index contributed by atoms with van der Waals surface area (Å²) in [5.74, 6) is 0.543. The molecule has 0 bridgehead atoms. The summed E-state index contributed by atoms with van der Waals surface area (Å²) in [6.07, 6.45) is 5.23. The van der Waals surface area contributed by atoms with Gasteiger partial charge in [-0.25, -0.2) is 4.98 Å². The molecule has 1 aliphatic carbocycles. The molecule has 5 heteroatoms. The zero-order valence-corrected chi connectivity index (χ0v) is 13.0. The molecule has 1 aromatic carbocycles. The normalized spacial score (nSPS) is 20.6. The highest BCUT2D eigenvalue weighted by atomic mass is 16.5. The maximum Gasteiger partial charge on any atom is 0.276 e. The van der Waals surface area contributed by atoms with Crippen LogP contribution in [-0.2, 0) is 11.3 Å². The van der Waals surface area contributed by atoms with Gasteiger partial charge in [0.25, 0.3) is 5.91 Å². The van der Waals surface area contributed by atoms with Crippen molar-refractivity contribution in [3.63, 3.8) is 0 Å². The van der Waals surface area contributed by atoms with Crippen LogP contribution in [0.25, 0.3) is 0 Å². The molecule has 0 radical (unpaired) electrons. The van der Waals surface area contributed by atoms with Crippen molar-refractivity contribution in [2.24, 2.45) is 0 Å². The molecule has 120 valence electrons. The van der Waals surface area contributed by atoms with Crippen molar-refractivity contribution in [1.29, 1.82) is 0 Å².